The fourth-order valence-corrected chi connectivity index (χ4v) is 4.42. The van der Waals surface area contributed by atoms with Crippen LogP contribution in [0.1, 0.15) is 56.7 Å². The fourth-order valence-electron chi connectivity index (χ4n) is 4.42. The van der Waals surface area contributed by atoms with Crippen LogP contribution in [0.15, 0.2) is 29.3 Å². The first kappa shape index (κ1) is 23.1. The summed E-state index contributed by atoms with van der Waals surface area (Å²) in [7, 11) is 3.69. The molecule has 2 heterocycles. The van der Waals surface area contributed by atoms with Gasteiger partial charge in [-0.05, 0) is 55.7 Å². The highest BCUT2D eigenvalue weighted by Crippen LogP contribution is 2.34. The number of benzene rings is 1. The largest absolute Gasteiger partial charge is 0.497 e. The minimum absolute atomic E-state index is 0.354. The molecular formula is C24H38N6O. The number of nitrogens with zero attached hydrogens (tertiary/aromatic N) is 5. The molecule has 1 atom stereocenters. The summed E-state index contributed by atoms with van der Waals surface area (Å²) in [5.41, 5.74) is 1.64. The van der Waals surface area contributed by atoms with Crippen LogP contribution in [0.2, 0.25) is 0 Å². The zero-order chi connectivity index (χ0) is 22.3. The van der Waals surface area contributed by atoms with E-state index in [2.05, 4.69) is 46.4 Å². The van der Waals surface area contributed by atoms with E-state index in [-0.39, 0.29) is 0 Å². The Balaban J connectivity index is 1.70. The summed E-state index contributed by atoms with van der Waals surface area (Å²) in [5, 5.41) is 12.1. The number of hydrogen-bond acceptors (Lipinski definition) is 4. The van der Waals surface area contributed by atoms with Gasteiger partial charge in [0, 0.05) is 26.7 Å². The number of aromatic nitrogens is 3. The van der Waals surface area contributed by atoms with Gasteiger partial charge in [0.05, 0.1) is 7.11 Å². The number of guanidine groups is 1. The lowest BCUT2D eigenvalue weighted by Gasteiger charge is -2.42. The summed E-state index contributed by atoms with van der Waals surface area (Å²) >= 11 is 0. The van der Waals surface area contributed by atoms with Crippen LogP contribution >= 0.6 is 0 Å². The van der Waals surface area contributed by atoms with Gasteiger partial charge < -0.3 is 19.5 Å². The molecule has 1 N–H and O–H groups in total. The maximum Gasteiger partial charge on any atom is 0.194 e. The second-order valence-electron chi connectivity index (χ2n) is 8.97. The lowest BCUT2D eigenvalue weighted by Crippen LogP contribution is -2.50. The molecule has 1 aliphatic heterocycles. The van der Waals surface area contributed by atoms with E-state index in [1.807, 2.05) is 30.7 Å². The number of aliphatic imine (C=N–C) groups is 1. The third kappa shape index (κ3) is 6.21. The lowest BCUT2D eigenvalue weighted by atomic mass is 9.78. The van der Waals surface area contributed by atoms with Gasteiger partial charge in [0.1, 0.15) is 18.1 Å². The molecular weight excluding hydrogens is 388 g/mol. The van der Waals surface area contributed by atoms with E-state index in [0.29, 0.717) is 12.0 Å². The van der Waals surface area contributed by atoms with Gasteiger partial charge in [0.15, 0.2) is 11.8 Å². The van der Waals surface area contributed by atoms with Crippen LogP contribution in [0.25, 0.3) is 0 Å². The Morgan fingerprint density at radius 2 is 2.03 bits per heavy atom. The standard InChI is InChI=1S/C24H38N6O/c1-6-13-24(3)14-7-16-30(18-24)23(26-17-22-28-27-19(2)29(22)4)25-15-12-20-8-10-21(31-5)11-9-20/h8-11H,6-7,12-18H2,1-5H3,(H,25,26). The first-order chi connectivity index (χ1) is 14.9. The Labute approximate surface area is 186 Å². The summed E-state index contributed by atoms with van der Waals surface area (Å²) in [6, 6.07) is 8.28. The molecule has 0 spiro atoms. The topological polar surface area (TPSA) is 67.6 Å². The normalized spacial score (nSPS) is 19.5. The second kappa shape index (κ2) is 10.6. The van der Waals surface area contributed by atoms with Crippen LogP contribution in [0.5, 0.6) is 5.75 Å². The highest BCUT2D eigenvalue weighted by Gasteiger charge is 2.31. The van der Waals surface area contributed by atoms with Crippen LogP contribution in [0.4, 0.5) is 0 Å². The molecule has 0 radical (unpaired) electrons. The molecule has 2 aromatic rings. The summed E-state index contributed by atoms with van der Waals surface area (Å²) in [6.45, 7) is 10.1. The van der Waals surface area contributed by atoms with Crippen LogP contribution in [-0.4, -0.2) is 52.4 Å². The first-order valence-corrected chi connectivity index (χ1v) is 11.4. The molecule has 0 amide bonds. The molecule has 0 saturated carbocycles. The number of ether oxygens (including phenoxy) is 1. The molecule has 7 nitrogen and oxygen atoms in total. The van der Waals surface area contributed by atoms with Crippen molar-refractivity contribution in [3.8, 4) is 5.75 Å². The Bertz CT molecular complexity index is 855. The van der Waals surface area contributed by atoms with Crippen molar-refractivity contribution in [3.05, 3.63) is 41.5 Å². The quantitative estimate of drug-likeness (QED) is 0.515. The van der Waals surface area contributed by atoms with Gasteiger partial charge in [-0.1, -0.05) is 32.4 Å². The van der Waals surface area contributed by atoms with E-state index in [4.69, 9.17) is 9.73 Å². The van der Waals surface area contributed by atoms with Crippen LogP contribution < -0.4 is 10.1 Å². The maximum atomic E-state index is 5.26. The first-order valence-electron chi connectivity index (χ1n) is 11.4. The lowest BCUT2D eigenvalue weighted by molar-refractivity contribution is 0.142. The van der Waals surface area contributed by atoms with Crippen molar-refractivity contribution in [1.29, 1.82) is 0 Å². The number of piperidine rings is 1. The highest BCUT2D eigenvalue weighted by molar-refractivity contribution is 5.80. The molecule has 1 unspecified atom stereocenters. The number of methoxy groups -OCH3 is 1. The zero-order valence-corrected chi connectivity index (χ0v) is 19.8. The number of nitrogens with one attached hydrogen (secondary N) is 1. The van der Waals surface area contributed by atoms with E-state index in [9.17, 15) is 0 Å². The fraction of sp³-hybridized carbons (Fsp3) is 0.625. The summed E-state index contributed by atoms with van der Waals surface area (Å²) < 4.78 is 7.27. The van der Waals surface area contributed by atoms with Gasteiger partial charge in [-0.25, -0.2) is 4.99 Å². The van der Waals surface area contributed by atoms with Crippen molar-refractivity contribution in [2.75, 3.05) is 26.7 Å². The van der Waals surface area contributed by atoms with E-state index >= 15 is 0 Å². The van der Waals surface area contributed by atoms with Crippen LogP contribution in [0, 0.1) is 12.3 Å². The Hall–Kier alpha value is -2.57. The molecule has 31 heavy (non-hydrogen) atoms. The smallest absolute Gasteiger partial charge is 0.194 e. The number of rotatable bonds is 8. The van der Waals surface area contributed by atoms with Crippen molar-refractivity contribution in [1.82, 2.24) is 25.0 Å². The third-order valence-corrected chi connectivity index (χ3v) is 6.34. The summed E-state index contributed by atoms with van der Waals surface area (Å²) in [4.78, 5) is 7.41. The number of aryl methyl sites for hydroxylation is 1. The van der Waals surface area contributed by atoms with Gasteiger partial charge in [-0.15, -0.1) is 10.2 Å². The van der Waals surface area contributed by atoms with Crippen LogP contribution in [0.3, 0.4) is 0 Å². The number of hydrogen-bond donors (Lipinski definition) is 1. The van der Waals surface area contributed by atoms with Crippen molar-refractivity contribution in [2.45, 2.75) is 59.4 Å². The van der Waals surface area contributed by atoms with Gasteiger partial charge >= 0.3 is 0 Å². The second-order valence-corrected chi connectivity index (χ2v) is 8.97. The average Bonchev–Trinajstić information content (AvgIpc) is 3.08. The molecule has 1 aliphatic rings. The molecule has 1 saturated heterocycles. The van der Waals surface area contributed by atoms with Crippen molar-refractivity contribution in [2.24, 2.45) is 17.5 Å². The monoisotopic (exact) mass is 426 g/mol. The predicted molar refractivity (Wildman–Crippen MR) is 125 cm³/mol. The Morgan fingerprint density at radius 1 is 1.26 bits per heavy atom. The Morgan fingerprint density at radius 3 is 2.68 bits per heavy atom. The summed E-state index contributed by atoms with van der Waals surface area (Å²) in [6.07, 6.45) is 5.91. The highest BCUT2D eigenvalue weighted by atomic mass is 16.5. The molecule has 1 fully saturated rings. The minimum atomic E-state index is 0.354. The van der Waals surface area contributed by atoms with Gasteiger partial charge in [0.25, 0.3) is 0 Å². The van der Waals surface area contributed by atoms with Crippen LogP contribution in [-0.2, 0) is 20.0 Å². The minimum Gasteiger partial charge on any atom is -0.497 e. The van der Waals surface area contributed by atoms with E-state index in [0.717, 1.165) is 49.4 Å². The molecule has 0 aliphatic carbocycles. The maximum absolute atomic E-state index is 5.26. The van der Waals surface area contributed by atoms with Crippen molar-refractivity contribution < 1.29 is 4.74 Å². The van der Waals surface area contributed by atoms with Crippen molar-refractivity contribution >= 4 is 5.96 Å². The molecule has 1 aromatic carbocycles. The zero-order valence-electron chi connectivity index (χ0n) is 19.8. The summed E-state index contributed by atoms with van der Waals surface area (Å²) in [5.74, 6) is 3.67. The van der Waals surface area contributed by atoms with Gasteiger partial charge in [-0.2, -0.15) is 0 Å². The number of likely N-dealkylation sites (tertiary alicyclic amines) is 1. The van der Waals surface area contributed by atoms with E-state index in [1.54, 1.807) is 7.11 Å². The molecule has 7 heteroatoms. The predicted octanol–water partition coefficient (Wildman–Crippen LogP) is 3.72. The molecule has 1 aromatic heterocycles. The Kier molecular flexibility index (Phi) is 7.93. The molecule has 170 valence electrons. The molecule has 3 rings (SSSR count). The SMILES string of the molecule is CCCC1(C)CCCN(C(=NCc2nnc(C)n2C)NCCc2ccc(OC)cc2)C1. The molecule has 0 bridgehead atoms. The van der Waals surface area contributed by atoms with E-state index in [1.165, 1.54) is 31.2 Å². The van der Waals surface area contributed by atoms with Gasteiger partial charge in [0.2, 0.25) is 0 Å². The van der Waals surface area contributed by atoms with Crippen molar-refractivity contribution in [3.63, 3.8) is 0 Å². The van der Waals surface area contributed by atoms with Gasteiger partial charge in [-0.3, -0.25) is 0 Å². The average molecular weight is 427 g/mol. The van der Waals surface area contributed by atoms with E-state index < -0.39 is 0 Å². The third-order valence-electron chi connectivity index (χ3n) is 6.34.